The van der Waals surface area contributed by atoms with Crippen molar-refractivity contribution in [3.63, 3.8) is 0 Å². The monoisotopic (exact) mass is 234 g/mol. The molecule has 0 radical (unpaired) electrons. The Morgan fingerprint density at radius 2 is 1.80 bits per heavy atom. The smallest absolute Gasteiger partial charge is 0.133 e. The number of carbonyl (C=O) groups is 1. The van der Waals surface area contributed by atoms with Crippen LogP contribution in [0.3, 0.4) is 0 Å². The van der Waals surface area contributed by atoms with E-state index in [0.717, 1.165) is 25.9 Å². The molecule has 0 N–H and O–H groups in total. The summed E-state index contributed by atoms with van der Waals surface area (Å²) in [5.74, 6) is 1.54. The minimum atomic E-state index is 0.0848. The molecule has 0 spiro atoms. The molecule has 0 aromatic heterocycles. The summed E-state index contributed by atoms with van der Waals surface area (Å²) in [5, 5.41) is 0. The maximum atomic E-state index is 11.2. The lowest BCUT2D eigenvalue weighted by Crippen LogP contribution is -2.14. The first kappa shape index (κ1) is 14.9. The lowest BCUT2D eigenvalue weighted by Gasteiger charge is -2.12. The summed E-state index contributed by atoms with van der Waals surface area (Å²) >= 11 is 5.63. The molecule has 0 aliphatic rings. The average Bonchev–Trinajstić information content (AvgIpc) is 2.15. The van der Waals surface area contributed by atoms with Crippen molar-refractivity contribution in [2.24, 2.45) is 11.8 Å². The number of ether oxygens (including phenoxy) is 1. The molecule has 0 saturated heterocycles. The fourth-order valence-corrected chi connectivity index (χ4v) is 1.59. The van der Waals surface area contributed by atoms with Crippen LogP contribution in [-0.4, -0.2) is 24.9 Å². The Labute approximate surface area is 98.3 Å². The van der Waals surface area contributed by atoms with Crippen LogP contribution < -0.4 is 0 Å². The van der Waals surface area contributed by atoms with Gasteiger partial charge in [0.2, 0.25) is 0 Å². The first-order valence-electron chi connectivity index (χ1n) is 5.72. The fraction of sp³-hybridized carbons (Fsp3) is 0.917. The van der Waals surface area contributed by atoms with Crippen LogP contribution in [0.2, 0.25) is 0 Å². The molecular weight excluding hydrogens is 212 g/mol. The molecule has 0 heterocycles. The lowest BCUT2D eigenvalue weighted by molar-refractivity contribution is -0.121. The van der Waals surface area contributed by atoms with Gasteiger partial charge in [-0.3, -0.25) is 4.79 Å². The van der Waals surface area contributed by atoms with Gasteiger partial charge in [0.05, 0.1) is 0 Å². The lowest BCUT2D eigenvalue weighted by atomic mass is 9.99. The predicted molar refractivity (Wildman–Crippen MR) is 64.4 cm³/mol. The average molecular weight is 235 g/mol. The van der Waals surface area contributed by atoms with E-state index < -0.39 is 0 Å². The largest absolute Gasteiger partial charge is 0.381 e. The third kappa shape index (κ3) is 8.88. The first-order valence-corrected chi connectivity index (χ1v) is 6.25. The number of carbonyl (C=O) groups excluding carboxylic acids is 1. The molecule has 0 aromatic rings. The summed E-state index contributed by atoms with van der Waals surface area (Å²) in [6, 6.07) is 0. The van der Waals surface area contributed by atoms with E-state index >= 15 is 0 Å². The van der Waals surface area contributed by atoms with E-state index in [2.05, 4.69) is 13.8 Å². The van der Waals surface area contributed by atoms with E-state index in [-0.39, 0.29) is 11.7 Å². The zero-order valence-electron chi connectivity index (χ0n) is 10.1. The van der Waals surface area contributed by atoms with Crippen LogP contribution in [0.1, 0.15) is 40.0 Å². The highest BCUT2D eigenvalue weighted by atomic mass is 35.5. The third-order valence-electron chi connectivity index (χ3n) is 2.48. The molecule has 0 aromatic carbocycles. The maximum Gasteiger partial charge on any atom is 0.133 e. The number of Topliss-reactive ketones (excluding diaryl/α,β-unsaturated/α-hetero) is 1. The van der Waals surface area contributed by atoms with Gasteiger partial charge in [-0.2, -0.15) is 0 Å². The van der Waals surface area contributed by atoms with Gasteiger partial charge in [0.1, 0.15) is 5.78 Å². The van der Waals surface area contributed by atoms with Crippen molar-refractivity contribution in [1.82, 2.24) is 0 Å². The normalized spacial score (nSPS) is 13.1. The molecule has 0 bridgehead atoms. The highest BCUT2D eigenvalue weighted by Crippen LogP contribution is 2.11. The molecule has 90 valence electrons. The summed E-state index contributed by atoms with van der Waals surface area (Å²) in [5.41, 5.74) is 0. The number of rotatable bonds is 9. The van der Waals surface area contributed by atoms with E-state index in [0.29, 0.717) is 18.4 Å². The highest BCUT2D eigenvalue weighted by Gasteiger charge is 2.12. The Hall–Kier alpha value is -0.0800. The number of hydrogen-bond acceptors (Lipinski definition) is 2. The molecule has 2 nitrogen and oxygen atoms in total. The number of alkyl halides is 1. The van der Waals surface area contributed by atoms with Crippen LogP contribution >= 0.6 is 11.6 Å². The molecule has 0 aliphatic heterocycles. The Morgan fingerprint density at radius 1 is 1.20 bits per heavy atom. The van der Waals surface area contributed by atoms with Crippen molar-refractivity contribution in [3.05, 3.63) is 0 Å². The van der Waals surface area contributed by atoms with E-state index in [1.807, 2.05) is 0 Å². The van der Waals surface area contributed by atoms with Crippen molar-refractivity contribution in [1.29, 1.82) is 0 Å². The quantitative estimate of drug-likeness (QED) is 0.452. The zero-order valence-corrected chi connectivity index (χ0v) is 10.8. The number of halogens is 1. The molecule has 1 unspecified atom stereocenters. The van der Waals surface area contributed by atoms with Crippen molar-refractivity contribution in [2.45, 2.75) is 40.0 Å². The second kappa shape index (κ2) is 9.17. The molecule has 15 heavy (non-hydrogen) atoms. The number of hydrogen-bond donors (Lipinski definition) is 0. The fourth-order valence-electron chi connectivity index (χ4n) is 1.33. The van der Waals surface area contributed by atoms with Gasteiger partial charge in [-0.25, -0.2) is 0 Å². The number of ketones is 1. The summed E-state index contributed by atoms with van der Waals surface area (Å²) in [7, 11) is 0. The van der Waals surface area contributed by atoms with Gasteiger partial charge >= 0.3 is 0 Å². The van der Waals surface area contributed by atoms with Gasteiger partial charge in [0.25, 0.3) is 0 Å². The maximum absolute atomic E-state index is 11.2. The minimum Gasteiger partial charge on any atom is -0.381 e. The van der Waals surface area contributed by atoms with E-state index in [1.165, 1.54) is 0 Å². The van der Waals surface area contributed by atoms with Crippen LogP contribution in [-0.2, 0) is 9.53 Å². The molecule has 0 aliphatic carbocycles. The topological polar surface area (TPSA) is 26.3 Å². The van der Waals surface area contributed by atoms with E-state index in [9.17, 15) is 4.79 Å². The Bertz CT molecular complexity index is 169. The Morgan fingerprint density at radius 3 is 2.27 bits per heavy atom. The molecule has 0 amide bonds. The van der Waals surface area contributed by atoms with E-state index in [1.54, 1.807) is 6.92 Å². The highest BCUT2D eigenvalue weighted by molar-refractivity contribution is 6.18. The Balaban J connectivity index is 3.49. The van der Waals surface area contributed by atoms with Crippen LogP contribution in [0.4, 0.5) is 0 Å². The van der Waals surface area contributed by atoms with E-state index in [4.69, 9.17) is 16.3 Å². The summed E-state index contributed by atoms with van der Waals surface area (Å²) in [6.07, 6.45) is 2.66. The molecule has 0 saturated carbocycles. The van der Waals surface area contributed by atoms with Gasteiger partial charge in [0, 0.05) is 25.0 Å². The SMILES string of the molecule is CC(=O)C(CCCl)CCOCCC(C)C. The van der Waals surface area contributed by atoms with Crippen molar-refractivity contribution >= 4 is 17.4 Å². The first-order chi connectivity index (χ1) is 7.07. The molecular formula is C12H23ClO2. The second-order valence-corrected chi connectivity index (χ2v) is 4.75. The van der Waals surface area contributed by atoms with Crippen molar-refractivity contribution in [3.8, 4) is 0 Å². The van der Waals surface area contributed by atoms with Crippen LogP contribution in [0, 0.1) is 11.8 Å². The van der Waals surface area contributed by atoms with Crippen LogP contribution in [0.15, 0.2) is 0 Å². The van der Waals surface area contributed by atoms with Crippen LogP contribution in [0.5, 0.6) is 0 Å². The predicted octanol–water partition coefficient (Wildman–Crippen LogP) is 3.27. The zero-order chi connectivity index (χ0) is 11.7. The minimum absolute atomic E-state index is 0.0848. The van der Waals surface area contributed by atoms with Crippen molar-refractivity contribution < 1.29 is 9.53 Å². The van der Waals surface area contributed by atoms with Gasteiger partial charge in [-0.05, 0) is 32.1 Å². The summed E-state index contributed by atoms with van der Waals surface area (Å²) < 4.78 is 5.48. The van der Waals surface area contributed by atoms with Crippen LogP contribution in [0.25, 0.3) is 0 Å². The molecule has 0 fully saturated rings. The van der Waals surface area contributed by atoms with Gasteiger partial charge in [-0.15, -0.1) is 11.6 Å². The molecule has 0 rings (SSSR count). The Kier molecular flexibility index (Phi) is 9.12. The summed E-state index contributed by atoms with van der Waals surface area (Å²) in [4.78, 5) is 11.2. The van der Waals surface area contributed by atoms with Gasteiger partial charge in [0.15, 0.2) is 0 Å². The third-order valence-corrected chi connectivity index (χ3v) is 2.70. The molecule has 3 heteroatoms. The second-order valence-electron chi connectivity index (χ2n) is 4.37. The summed E-state index contributed by atoms with van der Waals surface area (Å²) in [6.45, 7) is 7.45. The standard InChI is InChI=1S/C12H23ClO2/c1-10(2)5-8-15-9-6-12(4-7-13)11(3)14/h10,12H,4-9H2,1-3H3. The molecule has 1 atom stereocenters. The van der Waals surface area contributed by atoms with Crippen molar-refractivity contribution in [2.75, 3.05) is 19.1 Å². The van der Waals surface area contributed by atoms with Gasteiger partial charge in [-0.1, -0.05) is 13.8 Å². The van der Waals surface area contributed by atoms with Gasteiger partial charge < -0.3 is 4.74 Å².